The number of amides is 1. The molecule has 1 saturated heterocycles. The zero-order valence-corrected chi connectivity index (χ0v) is 19.0. The highest BCUT2D eigenvalue weighted by Crippen LogP contribution is 2.42. The molecule has 4 rings (SSSR count). The van der Waals surface area contributed by atoms with Gasteiger partial charge in [-0.2, -0.15) is 5.10 Å². The third-order valence-electron chi connectivity index (χ3n) is 6.72. The lowest BCUT2D eigenvalue weighted by atomic mass is 9.77. The Kier molecular flexibility index (Phi) is 6.62. The van der Waals surface area contributed by atoms with Crippen LogP contribution in [0.1, 0.15) is 30.0 Å². The summed E-state index contributed by atoms with van der Waals surface area (Å²) >= 11 is 0. The fraction of sp³-hybridized carbons (Fsp3) is 0.583. The fourth-order valence-corrected chi connectivity index (χ4v) is 4.98. The number of ether oxygens (including phenoxy) is 2. The summed E-state index contributed by atoms with van der Waals surface area (Å²) in [6.07, 6.45) is 6.00. The summed E-state index contributed by atoms with van der Waals surface area (Å²) in [5.74, 6) is 2.11. The molecule has 0 bridgehead atoms. The highest BCUT2D eigenvalue weighted by Gasteiger charge is 2.43. The largest absolute Gasteiger partial charge is 0.497 e. The van der Waals surface area contributed by atoms with E-state index in [-0.39, 0.29) is 24.7 Å². The van der Waals surface area contributed by atoms with E-state index in [0.717, 1.165) is 43.8 Å². The average molecular weight is 427 g/mol. The van der Waals surface area contributed by atoms with E-state index < -0.39 is 0 Å². The Morgan fingerprint density at radius 3 is 2.48 bits per heavy atom. The second-order valence-electron chi connectivity index (χ2n) is 9.24. The molecule has 0 radical (unpaired) electrons. The van der Waals surface area contributed by atoms with E-state index in [1.807, 2.05) is 18.3 Å². The summed E-state index contributed by atoms with van der Waals surface area (Å²) < 4.78 is 13.5. The Hall–Kier alpha value is -2.38. The molecule has 7 nitrogen and oxygen atoms in total. The van der Waals surface area contributed by atoms with Gasteiger partial charge in [0, 0.05) is 39.9 Å². The summed E-state index contributed by atoms with van der Waals surface area (Å²) in [5, 5.41) is 4.59. The topological polar surface area (TPSA) is 59.8 Å². The van der Waals surface area contributed by atoms with Crippen LogP contribution in [0.4, 0.5) is 0 Å². The second kappa shape index (κ2) is 9.40. The molecule has 4 atom stereocenters. The molecular weight excluding hydrogens is 392 g/mol. The highest BCUT2D eigenvalue weighted by molar-refractivity contribution is 5.76. The van der Waals surface area contributed by atoms with Crippen molar-refractivity contribution in [3.63, 3.8) is 0 Å². The lowest BCUT2D eigenvalue weighted by Gasteiger charge is -2.38. The van der Waals surface area contributed by atoms with E-state index in [0.29, 0.717) is 11.8 Å². The first-order valence-electron chi connectivity index (χ1n) is 11.1. The molecule has 7 heteroatoms. The Bertz CT molecular complexity index is 879. The molecule has 0 N–H and O–H groups in total. The van der Waals surface area contributed by atoms with Gasteiger partial charge in [0.25, 0.3) is 0 Å². The van der Waals surface area contributed by atoms with Crippen LogP contribution in [0.25, 0.3) is 0 Å². The van der Waals surface area contributed by atoms with E-state index in [1.54, 1.807) is 26.1 Å². The molecule has 0 spiro atoms. The van der Waals surface area contributed by atoms with Crippen LogP contribution in [0.2, 0.25) is 0 Å². The van der Waals surface area contributed by atoms with Crippen LogP contribution in [-0.2, 0) is 16.1 Å². The van der Waals surface area contributed by atoms with Crippen molar-refractivity contribution in [1.82, 2.24) is 19.6 Å². The minimum atomic E-state index is 0.00470. The molecule has 1 aliphatic heterocycles. The zero-order valence-electron chi connectivity index (χ0n) is 19.0. The van der Waals surface area contributed by atoms with Gasteiger partial charge in [-0.25, -0.2) is 0 Å². The maximum absolute atomic E-state index is 12.1. The van der Waals surface area contributed by atoms with Crippen LogP contribution in [0, 0.1) is 18.8 Å². The van der Waals surface area contributed by atoms with Crippen LogP contribution in [-0.4, -0.2) is 72.5 Å². The molecule has 1 saturated carbocycles. The molecule has 1 aromatic carbocycles. The number of aromatic nitrogens is 2. The number of carbonyl (C=O) groups is 1. The minimum absolute atomic E-state index is 0.00470. The van der Waals surface area contributed by atoms with Crippen molar-refractivity contribution in [3.8, 4) is 5.75 Å². The van der Waals surface area contributed by atoms with Gasteiger partial charge in [-0.05, 0) is 54.9 Å². The number of methoxy groups -OCH3 is 1. The molecule has 1 aliphatic carbocycles. The molecule has 1 aromatic heterocycles. The Morgan fingerprint density at radius 2 is 1.87 bits per heavy atom. The summed E-state index contributed by atoms with van der Waals surface area (Å²) in [6, 6.07) is 8.52. The molecule has 2 heterocycles. The Morgan fingerprint density at radius 1 is 1.16 bits per heavy atom. The number of aryl methyl sites for hydroxylation is 1. The standard InChI is InChI=1S/C24H34N4O3/c1-17-11-25-28(12-17)22-9-19-14-27(13-18-5-7-21(30-4)8-6-18)15-20(19)10-23(22)31-16-24(29)26(2)3/h5-8,11-12,19-20,22-23H,9-10,13-16H2,1-4H3/t19-,20+,22-,23-/m0/s1. The Balaban J connectivity index is 1.44. The summed E-state index contributed by atoms with van der Waals surface area (Å²) in [7, 11) is 5.23. The van der Waals surface area contributed by atoms with Crippen LogP contribution >= 0.6 is 0 Å². The molecule has 1 amide bonds. The molecule has 2 aromatic rings. The van der Waals surface area contributed by atoms with E-state index in [9.17, 15) is 4.79 Å². The van der Waals surface area contributed by atoms with Crippen LogP contribution in [0.15, 0.2) is 36.7 Å². The average Bonchev–Trinajstić information content (AvgIpc) is 3.36. The fourth-order valence-electron chi connectivity index (χ4n) is 4.98. The molecule has 168 valence electrons. The van der Waals surface area contributed by atoms with Crippen molar-refractivity contribution in [2.45, 2.75) is 38.5 Å². The lowest BCUT2D eigenvalue weighted by Crippen LogP contribution is -2.40. The third kappa shape index (κ3) is 5.10. The van der Waals surface area contributed by atoms with Crippen molar-refractivity contribution in [2.24, 2.45) is 11.8 Å². The van der Waals surface area contributed by atoms with Gasteiger partial charge in [0.1, 0.15) is 12.4 Å². The minimum Gasteiger partial charge on any atom is -0.497 e. The van der Waals surface area contributed by atoms with E-state index in [2.05, 4.69) is 39.9 Å². The number of carbonyl (C=O) groups excluding carboxylic acids is 1. The second-order valence-corrected chi connectivity index (χ2v) is 9.24. The van der Waals surface area contributed by atoms with E-state index in [4.69, 9.17) is 9.47 Å². The first-order valence-corrected chi connectivity index (χ1v) is 11.1. The first kappa shape index (κ1) is 21.8. The van der Waals surface area contributed by atoms with Crippen molar-refractivity contribution >= 4 is 5.91 Å². The number of benzene rings is 1. The SMILES string of the molecule is COc1ccc(CN2C[C@H]3C[C@H](OCC(=O)N(C)C)[C@@H](n4cc(C)cn4)C[C@H]3C2)cc1. The van der Waals surface area contributed by atoms with Gasteiger partial charge in [-0.1, -0.05) is 12.1 Å². The number of likely N-dealkylation sites (tertiary alicyclic amines) is 1. The van der Waals surface area contributed by atoms with Gasteiger partial charge in [-0.3, -0.25) is 14.4 Å². The van der Waals surface area contributed by atoms with E-state index in [1.165, 1.54) is 5.56 Å². The van der Waals surface area contributed by atoms with E-state index >= 15 is 0 Å². The number of rotatable bonds is 7. The number of hydrogen-bond donors (Lipinski definition) is 0. The monoisotopic (exact) mass is 426 g/mol. The third-order valence-corrected chi connectivity index (χ3v) is 6.72. The predicted octanol–water partition coefficient (Wildman–Crippen LogP) is 2.76. The molecule has 31 heavy (non-hydrogen) atoms. The first-order chi connectivity index (χ1) is 14.9. The van der Waals surface area contributed by atoms with Gasteiger partial charge in [0.2, 0.25) is 5.91 Å². The van der Waals surface area contributed by atoms with Gasteiger partial charge in [0.05, 0.1) is 25.5 Å². The predicted molar refractivity (Wildman–Crippen MR) is 119 cm³/mol. The number of nitrogens with zero attached hydrogens (tertiary/aromatic N) is 4. The maximum Gasteiger partial charge on any atom is 0.248 e. The van der Waals surface area contributed by atoms with Gasteiger partial charge < -0.3 is 14.4 Å². The molecular formula is C24H34N4O3. The van der Waals surface area contributed by atoms with Gasteiger partial charge >= 0.3 is 0 Å². The van der Waals surface area contributed by atoms with Crippen molar-refractivity contribution in [3.05, 3.63) is 47.8 Å². The van der Waals surface area contributed by atoms with Gasteiger partial charge in [-0.15, -0.1) is 0 Å². The Labute approximate surface area is 184 Å². The van der Waals surface area contributed by atoms with Crippen molar-refractivity contribution < 1.29 is 14.3 Å². The van der Waals surface area contributed by atoms with Crippen molar-refractivity contribution in [2.75, 3.05) is 40.9 Å². The smallest absolute Gasteiger partial charge is 0.248 e. The van der Waals surface area contributed by atoms with Crippen LogP contribution in [0.3, 0.4) is 0 Å². The number of likely N-dealkylation sites (N-methyl/N-ethyl adjacent to an activating group) is 1. The quantitative estimate of drug-likeness (QED) is 0.681. The lowest BCUT2D eigenvalue weighted by molar-refractivity contribution is -0.138. The van der Waals surface area contributed by atoms with Crippen LogP contribution < -0.4 is 4.74 Å². The number of hydrogen-bond acceptors (Lipinski definition) is 5. The highest BCUT2D eigenvalue weighted by atomic mass is 16.5. The molecule has 2 fully saturated rings. The molecule has 0 unspecified atom stereocenters. The maximum atomic E-state index is 12.1. The molecule has 2 aliphatic rings. The zero-order chi connectivity index (χ0) is 22.0. The normalized spacial score (nSPS) is 25.9. The van der Waals surface area contributed by atoms with Crippen molar-refractivity contribution in [1.29, 1.82) is 0 Å². The van der Waals surface area contributed by atoms with Gasteiger partial charge in [0.15, 0.2) is 0 Å². The summed E-state index contributed by atoms with van der Waals surface area (Å²) in [4.78, 5) is 16.3. The van der Waals surface area contributed by atoms with Crippen LogP contribution in [0.5, 0.6) is 5.75 Å². The summed E-state index contributed by atoms with van der Waals surface area (Å²) in [5.41, 5.74) is 2.46. The number of fused-ring (bicyclic) bond motifs is 1. The summed E-state index contributed by atoms with van der Waals surface area (Å²) in [6.45, 7) is 5.31.